The molecule has 0 unspecified atom stereocenters. The number of piperidine rings is 1. The second-order valence-electron chi connectivity index (χ2n) is 8.74. The average molecular weight is 429 g/mol. The molecule has 4 heterocycles. The number of hydrogen-bond donors (Lipinski definition) is 0. The molecule has 3 aliphatic heterocycles. The zero-order valence-electron chi connectivity index (χ0n) is 18.0. The van der Waals surface area contributed by atoms with Gasteiger partial charge in [-0.3, -0.25) is 9.78 Å². The highest BCUT2D eigenvalue weighted by Crippen LogP contribution is 2.38. The van der Waals surface area contributed by atoms with Crippen molar-refractivity contribution in [2.75, 3.05) is 44.3 Å². The van der Waals surface area contributed by atoms with E-state index in [0.717, 1.165) is 5.69 Å². The normalized spacial score (nSPS) is 26.0. The summed E-state index contributed by atoms with van der Waals surface area (Å²) in [5.74, 6) is -0.960. The molecule has 2 atom stereocenters. The van der Waals surface area contributed by atoms with E-state index in [1.165, 1.54) is 12.1 Å². The van der Waals surface area contributed by atoms with Crippen LogP contribution in [-0.4, -0.2) is 73.2 Å². The molecule has 166 valence electrons. The number of aromatic nitrogens is 1. The molecule has 1 spiro atoms. The fraction of sp³-hybridized carbons (Fsp3) is 0.565. The number of benzene rings is 1. The Kier molecular flexibility index (Phi) is 5.32. The molecule has 1 aromatic heterocycles. The van der Waals surface area contributed by atoms with Crippen LogP contribution >= 0.6 is 0 Å². The maximum atomic E-state index is 14.2. The molecule has 3 fully saturated rings. The molecule has 0 N–H and O–H groups in total. The van der Waals surface area contributed by atoms with Crippen molar-refractivity contribution >= 4 is 22.5 Å². The van der Waals surface area contributed by atoms with Gasteiger partial charge >= 0.3 is 0 Å². The maximum Gasteiger partial charge on any atom is 0.257 e. The number of hydrogen-bond acceptors (Lipinski definition) is 6. The van der Waals surface area contributed by atoms with Crippen LogP contribution in [0.1, 0.15) is 37.0 Å². The van der Waals surface area contributed by atoms with Crippen molar-refractivity contribution in [2.45, 2.75) is 44.7 Å². The van der Waals surface area contributed by atoms with Gasteiger partial charge < -0.3 is 24.0 Å². The van der Waals surface area contributed by atoms with Gasteiger partial charge in [-0.25, -0.2) is 4.39 Å². The van der Waals surface area contributed by atoms with Crippen LogP contribution in [0, 0.1) is 5.82 Å². The van der Waals surface area contributed by atoms with Crippen molar-refractivity contribution < 1.29 is 23.4 Å². The number of morpholine rings is 1. The Morgan fingerprint density at radius 1 is 1.13 bits per heavy atom. The summed E-state index contributed by atoms with van der Waals surface area (Å²) in [7, 11) is 0. The molecule has 2 aromatic rings. The summed E-state index contributed by atoms with van der Waals surface area (Å²) in [4.78, 5) is 22.0. The summed E-state index contributed by atoms with van der Waals surface area (Å²) in [6, 6.07) is 4.54. The zero-order valence-corrected chi connectivity index (χ0v) is 18.0. The van der Waals surface area contributed by atoms with E-state index in [1.54, 1.807) is 12.3 Å². The second-order valence-corrected chi connectivity index (χ2v) is 8.74. The molecular formula is C23H28FN3O4. The summed E-state index contributed by atoms with van der Waals surface area (Å²) in [6.45, 7) is 7.52. The van der Waals surface area contributed by atoms with Crippen LogP contribution in [0.15, 0.2) is 24.4 Å². The highest BCUT2D eigenvalue weighted by atomic mass is 19.1. The Morgan fingerprint density at radius 3 is 2.48 bits per heavy atom. The summed E-state index contributed by atoms with van der Waals surface area (Å²) in [5, 5.41) is 0.657. The van der Waals surface area contributed by atoms with Gasteiger partial charge in [-0.1, -0.05) is 0 Å². The molecule has 8 heteroatoms. The number of carbonyl (C=O) groups is 1. The summed E-state index contributed by atoms with van der Waals surface area (Å²) in [6.07, 6.45) is 2.97. The van der Waals surface area contributed by atoms with Crippen molar-refractivity contribution in [3.05, 3.63) is 35.8 Å². The number of pyridine rings is 1. The van der Waals surface area contributed by atoms with Crippen molar-refractivity contribution in [2.24, 2.45) is 0 Å². The van der Waals surface area contributed by atoms with Crippen LogP contribution in [-0.2, 0) is 14.2 Å². The van der Waals surface area contributed by atoms with Gasteiger partial charge in [0.15, 0.2) is 5.79 Å². The van der Waals surface area contributed by atoms with E-state index >= 15 is 0 Å². The Labute approximate surface area is 181 Å². The first-order valence-electron chi connectivity index (χ1n) is 11.0. The number of fused-ring (bicyclic) bond motifs is 1. The number of nitrogens with zero attached hydrogens (tertiary/aromatic N) is 3. The Hall–Kier alpha value is -2.29. The van der Waals surface area contributed by atoms with Crippen molar-refractivity contribution in [3.63, 3.8) is 0 Å². The minimum absolute atomic E-state index is 0.0338. The first kappa shape index (κ1) is 20.6. The quantitative estimate of drug-likeness (QED) is 0.732. The van der Waals surface area contributed by atoms with Gasteiger partial charge in [0.2, 0.25) is 0 Å². The third kappa shape index (κ3) is 3.88. The van der Waals surface area contributed by atoms with Crippen molar-refractivity contribution in [1.82, 2.24) is 9.88 Å². The summed E-state index contributed by atoms with van der Waals surface area (Å²) in [5.41, 5.74) is 1.92. The first-order valence-corrected chi connectivity index (χ1v) is 11.0. The monoisotopic (exact) mass is 429 g/mol. The van der Waals surface area contributed by atoms with E-state index < -0.39 is 5.79 Å². The van der Waals surface area contributed by atoms with Crippen LogP contribution in [0.3, 0.4) is 0 Å². The smallest absolute Gasteiger partial charge is 0.257 e. The topological polar surface area (TPSA) is 64.1 Å². The molecular weight excluding hydrogens is 401 g/mol. The lowest BCUT2D eigenvalue weighted by molar-refractivity contribution is -0.169. The first-order chi connectivity index (χ1) is 14.9. The second kappa shape index (κ2) is 8.00. The summed E-state index contributed by atoms with van der Waals surface area (Å²) >= 11 is 0. The lowest BCUT2D eigenvalue weighted by atomic mass is 9.99. The highest BCUT2D eigenvalue weighted by molar-refractivity contribution is 6.07. The van der Waals surface area contributed by atoms with Gasteiger partial charge in [0.05, 0.1) is 42.2 Å². The molecule has 3 aliphatic rings. The van der Waals surface area contributed by atoms with Crippen LogP contribution in [0.5, 0.6) is 0 Å². The SMILES string of the molecule is C[C@@H]1CN(C(=O)c2cnc3ccc(F)cc3c2N2CCC3(CC2)OCCO3)C[C@H](C)O1. The zero-order chi connectivity index (χ0) is 21.6. The Bertz CT molecular complexity index is 974. The Morgan fingerprint density at radius 2 is 1.81 bits per heavy atom. The third-order valence-electron chi connectivity index (χ3n) is 6.39. The van der Waals surface area contributed by atoms with Crippen LogP contribution in [0.2, 0.25) is 0 Å². The standard InChI is InChI=1S/C23H28FN3O4/c1-15-13-27(14-16(2)31-15)22(28)19-12-25-20-4-3-17(24)11-18(20)21(19)26-7-5-23(6-8-26)29-9-10-30-23/h3-4,11-12,15-16H,5-10,13-14H2,1-2H3/t15-,16+. The van der Waals surface area contributed by atoms with E-state index in [0.29, 0.717) is 68.7 Å². The van der Waals surface area contributed by atoms with Gasteiger partial charge in [0, 0.05) is 50.6 Å². The Balaban J connectivity index is 1.53. The van der Waals surface area contributed by atoms with E-state index in [4.69, 9.17) is 14.2 Å². The van der Waals surface area contributed by atoms with Gasteiger partial charge in [0.25, 0.3) is 5.91 Å². The minimum atomic E-state index is -0.524. The molecule has 0 aliphatic carbocycles. The number of rotatable bonds is 2. The van der Waals surface area contributed by atoms with Crippen molar-refractivity contribution in [3.8, 4) is 0 Å². The minimum Gasteiger partial charge on any atom is -0.372 e. The molecule has 0 bridgehead atoms. The van der Waals surface area contributed by atoms with E-state index in [1.807, 2.05) is 18.7 Å². The molecule has 0 radical (unpaired) electrons. The number of carbonyl (C=O) groups excluding carboxylic acids is 1. The number of ether oxygens (including phenoxy) is 3. The predicted octanol–water partition coefficient (Wildman–Crippen LogP) is 2.97. The molecule has 7 nitrogen and oxygen atoms in total. The van der Waals surface area contributed by atoms with Crippen LogP contribution in [0.4, 0.5) is 10.1 Å². The molecule has 0 saturated carbocycles. The molecule has 1 aromatic carbocycles. The lowest BCUT2D eigenvalue weighted by Crippen LogP contribution is -2.49. The molecule has 1 amide bonds. The summed E-state index contributed by atoms with van der Waals surface area (Å²) < 4.78 is 31.7. The number of amides is 1. The fourth-order valence-electron chi connectivity index (χ4n) is 5.02. The van der Waals surface area contributed by atoms with Gasteiger partial charge in [0.1, 0.15) is 5.82 Å². The van der Waals surface area contributed by atoms with Gasteiger partial charge in [-0.05, 0) is 32.0 Å². The van der Waals surface area contributed by atoms with E-state index in [2.05, 4.69) is 9.88 Å². The number of anilines is 1. The average Bonchev–Trinajstić information content (AvgIpc) is 3.20. The predicted molar refractivity (Wildman–Crippen MR) is 114 cm³/mol. The van der Waals surface area contributed by atoms with Gasteiger partial charge in [-0.2, -0.15) is 0 Å². The van der Waals surface area contributed by atoms with Gasteiger partial charge in [-0.15, -0.1) is 0 Å². The molecule has 3 saturated heterocycles. The lowest BCUT2D eigenvalue weighted by Gasteiger charge is -2.40. The van der Waals surface area contributed by atoms with E-state index in [9.17, 15) is 9.18 Å². The third-order valence-corrected chi connectivity index (χ3v) is 6.39. The highest BCUT2D eigenvalue weighted by Gasteiger charge is 2.41. The maximum absolute atomic E-state index is 14.2. The van der Waals surface area contributed by atoms with Crippen LogP contribution < -0.4 is 4.90 Å². The van der Waals surface area contributed by atoms with E-state index in [-0.39, 0.29) is 23.9 Å². The largest absolute Gasteiger partial charge is 0.372 e. The van der Waals surface area contributed by atoms with Crippen LogP contribution in [0.25, 0.3) is 10.9 Å². The fourth-order valence-corrected chi connectivity index (χ4v) is 5.02. The molecule has 31 heavy (non-hydrogen) atoms. The van der Waals surface area contributed by atoms with Crippen molar-refractivity contribution in [1.29, 1.82) is 0 Å². The molecule has 5 rings (SSSR count). The number of halogens is 1.